The Morgan fingerprint density at radius 2 is 2.25 bits per heavy atom. The lowest BCUT2D eigenvalue weighted by molar-refractivity contribution is -0.118. The van der Waals surface area contributed by atoms with E-state index in [1.807, 2.05) is 0 Å². The Morgan fingerprint density at radius 1 is 1.50 bits per heavy atom. The third kappa shape index (κ3) is 2.19. The zero-order chi connectivity index (χ0) is 11.4. The number of hydrogen-bond donors (Lipinski definition) is 1. The molecule has 2 rings (SSSR count). The maximum Gasteiger partial charge on any atom is 0.244 e. The van der Waals surface area contributed by atoms with Gasteiger partial charge in [0.05, 0.1) is 24.1 Å². The lowest BCUT2D eigenvalue weighted by atomic mass is 10.2. The van der Waals surface area contributed by atoms with Crippen molar-refractivity contribution >= 4 is 11.6 Å². The monoisotopic (exact) mass is 220 g/mol. The summed E-state index contributed by atoms with van der Waals surface area (Å²) in [5, 5.41) is 3.25. The summed E-state index contributed by atoms with van der Waals surface area (Å²) in [6.07, 6.45) is 6.71. The zero-order valence-electron chi connectivity index (χ0n) is 9.39. The Hall–Kier alpha value is -1.49. The topological polar surface area (TPSA) is 58.1 Å². The summed E-state index contributed by atoms with van der Waals surface area (Å²) in [5.74, 6) is 0.128. The van der Waals surface area contributed by atoms with Crippen LogP contribution in [-0.4, -0.2) is 35.0 Å². The Morgan fingerprint density at radius 3 is 2.94 bits per heavy atom. The Bertz CT molecular complexity index is 354. The van der Waals surface area contributed by atoms with E-state index in [1.54, 1.807) is 17.3 Å². The zero-order valence-corrected chi connectivity index (χ0v) is 9.39. The molecule has 0 saturated carbocycles. The van der Waals surface area contributed by atoms with Crippen LogP contribution in [0.5, 0.6) is 0 Å². The molecule has 1 aliphatic heterocycles. The van der Waals surface area contributed by atoms with E-state index in [9.17, 15) is 4.79 Å². The molecule has 1 N–H and O–H groups in total. The van der Waals surface area contributed by atoms with Crippen LogP contribution in [0.3, 0.4) is 0 Å². The fourth-order valence-corrected chi connectivity index (χ4v) is 1.87. The lowest BCUT2D eigenvalue weighted by Crippen LogP contribution is -2.38. The molecule has 1 saturated heterocycles. The van der Waals surface area contributed by atoms with Gasteiger partial charge in [0.15, 0.2) is 0 Å². The van der Waals surface area contributed by atoms with Crippen molar-refractivity contribution in [2.75, 3.05) is 18.0 Å². The van der Waals surface area contributed by atoms with Crippen LogP contribution in [-0.2, 0) is 4.79 Å². The predicted octanol–water partition coefficient (Wildman–Crippen LogP) is 0.581. The van der Waals surface area contributed by atoms with Crippen molar-refractivity contribution in [1.82, 2.24) is 15.3 Å². The van der Waals surface area contributed by atoms with Crippen LogP contribution in [0.15, 0.2) is 18.7 Å². The van der Waals surface area contributed by atoms with Crippen LogP contribution in [0.2, 0.25) is 0 Å². The quantitative estimate of drug-likeness (QED) is 0.806. The summed E-state index contributed by atoms with van der Waals surface area (Å²) in [4.78, 5) is 21.6. The number of anilines is 1. The summed E-state index contributed by atoms with van der Waals surface area (Å²) in [6, 6.07) is -0.0415. The summed E-state index contributed by atoms with van der Waals surface area (Å²) in [5.41, 5.74) is 0.785. The standard InChI is InChI=1S/C11H16N4O/c1-2-4-14-10-3-5-15(11(10)16)9-6-12-8-13-7-9/h6-8,10,14H,2-5H2,1H3. The number of hydrogen-bond acceptors (Lipinski definition) is 4. The molecule has 1 unspecified atom stereocenters. The smallest absolute Gasteiger partial charge is 0.244 e. The first kappa shape index (κ1) is 11.0. The van der Waals surface area contributed by atoms with Crippen molar-refractivity contribution in [3.63, 3.8) is 0 Å². The first-order valence-electron chi connectivity index (χ1n) is 5.62. The molecule has 1 fully saturated rings. The molecule has 1 atom stereocenters. The molecule has 0 aliphatic carbocycles. The van der Waals surface area contributed by atoms with E-state index in [1.165, 1.54) is 6.33 Å². The minimum atomic E-state index is -0.0415. The molecule has 1 amide bonds. The van der Waals surface area contributed by atoms with Gasteiger partial charge in [-0.05, 0) is 19.4 Å². The van der Waals surface area contributed by atoms with Gasteiger partial charge in [0, 0.05) is 6.54 Å². The van der Waals surface area contributed by atoms with E-state index in [0.29, 0.717) is 0 Å². The van der Waals surface area contributed by atoms with Crippen molar-refractivity contribution < 1.29 is 4.79 Å². The SMILES string of the molecule is CCCNC1CCN(c2cncnc2)C1=O. The number of carbonyl (C=O) groups is 1. The molecule has 5 nitrogen and oxygen atoms in total. The lowest BCUT2D eigenvalue weighted by Gasteiger charge is -2.15. The van der Waals surface area contributed by atoms with Gasteiger partial charge in [-0.15, -0.1) is 0 Å². The highest BCUT2D eigenvalue weighted by atomic mass is 16.2. The number of nitrogens with zero attached hydrogens (tertiary/aromatic N) is 3. The molecule has 16 heavy (non-hydrogen) atoms. The van der Waals surface area contributed by atoms with E-state index >= 15 is 0 Å². The largest absolute Gasteiger partial charge is 0.308 e. The van der Waals surface area contributed by atoms with Crippen LogP contribution in [0.4, 0.5) is 5.69 Å². The fraction of sp³-hybridized carbons (Fsp3) is 0.545. The van der Waals surface area contributed by atoms with Gasteiger partial charge < -0.3 is 10.2 Å². The summed E-state index contributed by atoms with van der Waals surface area (Å²) in [7, 11) is 0. The molecule has 1 aromatic rings. The molecular weight excluding hydrogens is 204 g/mol. The molecule has 0 radical (unpaired) electrons. The van der Waals surface area contributed by atoms with E-state index in [4.69, 9.17) is 0 Å². The van der Waals surface area contributed by atoms with Gasteiger partial charge in [-0.2, -0.15) is 0 Å². The van der Waals surface area contributed by atoms with Crippen molar-refractivity contribution in [3.8, 4) is 0 Å². The molecule has 1 aliphatic rings. The van der Waals surface area contributed by atoms with E-state index in [2.05, 4.69) is 22.2 Å². The first-order valence-corrected chi connectivity index (χ1v) is 5.62. The first-order chi connectivity index (χ1) is 7.83. The maximum absolute atomic E-state index is 12.0. The van der Waals surface area contributed by atoms with Crippen molar-refractivity contribution in [2.24, 2.45) is 0 Å². The Labute approximate surface area is 94.9 Å². The maximum atomic E-state index is 12.0. The highest BCUT2D eigenvalue weighted by Gasteiger charge is 2.31. The van der Waals surface area contributed by atoms with Gasteiger partial charge in [0.1, 0.15) is 6.33 Å². The van der Waals surface area contributed by atoms with Crippen LogP contribution in [0.1, 0.15) is 19.8 Å². The molecule has 86 valence electrons. The minimum Gasteiger partial charge on any atom is -0.308 e. The molecule has 1 aromatic heterocycles. The Balaban J connectivity index is 2.02. The van der Waals surface area contributed by atoms with Gasteiger partial charge in [0.25, 0.3) is 0 Å². The molecule has 5 heteroatoms. The van der Waals surface area contributed by atoms with Crippen molar-refractivity contribution in [2.45, 2.75) is 25.8 Å². The average molecular weight is 220 g/mol. The van der Waals surface area contributed by atoms with Gasteiger partial charge in [-0.3, -0.25) is 4.79 Å². The second kappa shape index (κ2) is 5.03. The number of rotatable bonds is 4. The number of amides is 1. The van der Waals surface area contributed by atoms with E-state index < -0.39 is 0 Å². The number of carbonyl (C=O) groups excluding carboxylic acids is 1. The fourth-order valence-electron chi connectivity index (χ4n) is 1.87. The second-order valence-electron chi connectivity index (χ2n) is 3.88. The third-order valence-corrected chi connectivity index (χ3v) is 2.70. The molecule has 0 aromatic carbocycles. The van der Waals surface area contributed by atoms with Crippen molar-refractivity contribution in [3.05, 3.63) is 18.7 Å². The predicted molar refractivity (Wildman–Crippen MR) is 61.1 cm³/mol. The van der Waals surface area contributed by atoms with Gasteiger partial charge in [0.2, 0.25) is 5.91 Å². The molecule has 0 spiro atoms. The van der Waals surface area contributed by atoms with Gasteiger partial charge >= 0.3 is 0 Å². The molecule has 0 bridgehead atoms. The molecular formula is C11H16N4O. The van der Waals surface area contributed by atoms with Gasteiger partial charge in [-0.25, -0.2) is 9.97 Å². The van der Waals surface area contributed by atoms with Crippen LogP contribution in [0, 0.1) is 0 Å². The van der Waals surface area contributed by atoms with Crippen LogP contribution < -0.4 is 10.2 Å². The third-order valence-electron chi connectivity index (χ3n) is 2.70. The van der Waals surface area contributed by atoms with E-state index in [0.717, 1.165) is 31.6 Å². The summed E-state index contributed by atoms with van der Waals surface area (Å²) in [6.45, 7) is 3.72. The normalized spacial score (nSPS) is 20.4. The van der Waals surface area contributed by atoms with Crippen LogP contribution in [0.25, 0.3) is 0 Å². The van der Waals surface area contributed by atoms with E-state index in [-0.39, 0.29) is 11.9 Å². The second-order valence-corrected chi connectivity index (χ2v) is 3.88. The van der Waals surface area contributed by atoms with Gasteiger partial charge in [-0.1, -0.05) is 6.92 Å². The Kier molecular flexibility index (Phi) is 3.46. The highest BCUT2D eigenvalue weighted by molar-refractivity contribution is 5.99. The van der Waals surface area contributed by atoms with Crippen molar-refractivity contribution in [1.29, 1.82) is 0 Å². The minimum absolute atomic E-state index is 0.0415. The summed E-state index contributed by atoms with van der Waals surface area (Å²) >= 11 is 0. The molecule has 2 heterocycles. The number of nitrogens with one attached hydrogen (secondary N) is 1. The highest BCUT2D eigenvalue weighted by Crippen LogP contribution is 2.19. The van der Waals surface area contributed by atoms with Crippen LogP contribution >= 0.6 is 0 Å². The summed E-state index contributed by atoms with van der Waals surface area (Å²) < 4.78 is 0. The average Bonchev–Trinajstić information content (AvgIpc) is 2.69. The number of aromatic nitrogens is 2.